The highest BCUT2D eigenvalue weighted by Crippen LogP contribution is 2.27. The lowest BCUT2D eigenvalue weighted by atomic mass is 10.2. The van der Waals surface area contributed by atoms with Gasteiger partial charge in [0.15, 0.2) is 11.5 Å². The first-order valence-corrected chi connectivity index (χ1v) is 7.48. The molecule has 0 saturated carbocycles. The summed E-state index contributed by atoms with van der Waals surface area (Å²) in [5, 5.41) is 10.1. The van der Waals surface area contributed by atoms with Gasteiger partial charge >= 0.3 is 5.97 Å². The summed E-state index contributed by atoms with van der Waals surface area (Å²) in [6.07, 6.45) is 0.0563. The molecule has 3 rings (SSSR count). The molecule has 1 fully saturated rings. The van der Waals surface area contributed by atoms with E-state index in [1.54, 1.807) is 23.5 Å². The van der Waals surface area contributed by atoms with E-state index >= 15 is 0 Å². The Morgan fingerprint density at radius 2 is 2.33 bits per heavy atom. The van der Waals surface area contributed by atoms with E-state index in [4.69, 9.17) is 4.74 Å². The summed E-state index contributed by atoms with van der Waals surface area (Å²) in [5.74, 6) is 0.264. The van der Waals surface area contributed by atoms with Crippen LogP contribution in [0.5, 0.6) is 0 Å². The molecular formula is C14H15N3O3S. The molecule has 1 aliphatic heterocycles. The Hall–Kier alpha value is -1.99. The van der Waals surface area contributed by atoms with Gasteiger partial charge in [0.05, 0.1) is 20.3 Å². The number of carbonyl (C=O) groups is 1. The maximum absolute atomic E-state index is 11.4. The molecule has 0 aliphatic carbocycles. The minimum Gasteiger partial charge on any atom is -0.464 e. The Kier molecular flexibility index (Phi) is 4.12. The summed E-state index contributed by atoms with van der Waals surface area (Å²) in [5.41, 5.74) is 0.212. The lowest BCUT2D eigenvalue weighted by molar-refractivity contribution is 0.0417. The molecule has 6 nitrogen and oxygen atoms in total. The highest BCUT2D eigenvalue weighted by molar-refractivity contribution is 7.10. The summed E-state index contributed by atoms with van der Waals surface area (Å²) in [6.45, 7) is 2.13. The fourth-order valence-electron chi connectivity index (χ4n) is 2.21. The number of anilines is 1. The highest BCUT2D eigenvalue weighted by Gasteiger charge is 2.24. The minimum atomic E-state index is -0.479. The van der Waals surface area contributed by atoms with Crippen LogP contribution in [0.1, 0.15) is 21.5 Å². The van der Waals surface area contributed by atoms with Gasteiger partial charge in [0.1, 0.15) is 6.10 Å². The fraction of sp³-hybridized carbons (Fsp3) is 0.357. The molecule has 21 heavy (non-hydrogen) atoms. The van der Waals surface area contributed by atoms with E-state index in [1.807, 2.05) is 11.4 Å². The molecule has 0 spiro atoms. The molecule has 1 atom stereocenters. The van der Waals surface area contributed by atoms with E-state index in [9.17, 15) is 4.79 Å². The predicted molar refractivity (Wildman–Crippen MR) is 78.6 cm³/mol. The first-order chi connectivity index (χ1) is 10.3. The molecule has 2 aromatic heterocycles. The van der Waals surface area contributed by atoms with Crippen molar-refractivity contribution in [2.45, 2.75) is 6.10 Å². The summed E-state index contributed by atoms with van der Waals surface area (Å²) in [4.78, 5) is 14.7. The van der Waals surface area contributed by atoms with Crippen LogP contribution in [0.25, 0.3) is 0 Å². The maximum Gasteiger partial charge on any atom is 0.358 e. The monoisotopic (exact) mass is 305 g/mol. The average Bonchev–Trinajstić information content (AvgIpc) is 3.09. The largest absolute Gasteiger partial charge is 0.464 e. The van der Waals surface area contributed by atoms with Gasteiger partial charge in [0, 0.05) is 11.4 Å². The second kappa shape index (κ2) is 6.19. The zero-order chi connectivity index (χ0) is 14.7. The van der Waals surface area contributed by atoms with Crippen LogP contribution in [0.2, 0.25) is 0 Å². The van der Waals surface area contributed by atoms with Crippen LogP contribution in [0.15, 0.2) is 29.6 Å². The van der Waals surface area contributed by atoms with Gasteiger partial charge in [-0.05, 0) is 23.6 Å². The van der Waals surface area contributed by atoms with Crippen molar-refractivity contribution in [2.75, 3.05) is 31.7 Å². The van der Waals surface area contributed by atoms with Crippen molar-refractivity contribution in [3.8, 4) is 0 Å². The number of carbonyl (C=O) groups excluding carboxylic acids is 1. The van der Waals surface area contributed by atoms with E-state index in [2.05, 4.69) is 25.9 Å². The zero-order valence-electron chi connectivity index (χ0n) is 11.6. The third-order valence-electron chi connectivity index (χ3n) is 3.30. The third kappa shape index (κ3) is 3.03. The van der Waals surface area contributed by atoms with E-state index in [-0.39, 0.29) is 11.8 Å². The number of esters is 1. The summed E-state index contributed by atoms with van der Waals surface area (Å²) in [7, 11) is 1.32. The molecule has 0 radical (unpaired) electrons. The Morgan fingerprint density at radius 3 is 3.00 bits per heavy atom. The topological polar surface area (TPSA) is 64.5 Å². The number of methoxy groups -OCH3 is 1. The molecule has 0 bridgehead atoms. The molecular weight excluding hydrogens is 290 g/mol. The molecule has 7 heteroatoms. The van der Waals surface area contributed by atoms with E-state index in [0.717, 1.165) is 18.9 Å². The number of hydrogen-bond donors (Lipinski definition) is 0. The Morgan fingerprint density at radius 1 is 1.43 bits per heavy atom. The smallest absolute Gasteiger partial charge is 0.358 e. The van der Waals surface area contributed by atoms with Crippen LogP contribution in [-0.4, -0.2) is 43.0 Å². The maximum atomic E-state index is 11.4. The predicted octanol–water partition coefficient (Wildman–Crippen LogP) is 1.90. The van der Waals surface area contributed by atoms with Gasteiger partial charge in [-0.3, -0.25) is 0 Å². The number of nitrogens with zero attached hydrogens (tertiary/aromatic N) is 3. The Labute approximate surface area is 126 Å². The fourth-order valence-corrected chi connectivity index (χ4v) is 2.98. The molecule has 1 saturated heterocycles. The normalized spacial score (nSPS) is 18.5. The number of aromatic nitrogens is 2. The van der Waals surface area contributed by atoms with E-state index < -0.39 is 5.97 Å². The van der Waals surface area contributed by atoms with Crippen LogP contribution < -0.4 is 4.90 Å². The highest BCUT2D eigenvalue weighted by atomic mass is 32.1. The van der Waals surface area contributed by atoms with Crippen molar-refractivity contribution in [3.05, 3.63) is 40.2 Å². The molecule has 0 amide bonds. The Bertz CT molecular complexity index is 600. The second-order valence-electron chi connectivity index (χ2n) is 4.59. The molecule has 1 unspecified atom stereocenters. The SMILES string of the molecule is COC(=O)c1ccc(N2CCOC(c3cccs3)C2)nn1. The summed E-state index contributed by atoms with van der Waals surface area (Å²) in [6, 6.07) is 7.51. The molecule has 3 heterocycles. The minimum absolute atomic E-state index is 0.0563. The van der Waals surface area contributed by atoms with Gasteiger partial charge in [-0.25, -0.2) is 4.79 Å². The van der Waals surface area contributed by atoms with Crippen molar-refractivity contribution >= 4 is 23.1 Å². The molecule has 0 aromatic carbocycles. The molecule has 110 valence electrons. The number of thiophene rings is 1. The van der Waals surface area contributed by atoms with Crippen LogP contribution in [0, 0.1) is 0 Å². The van der Waals surface area contributed by atoms with Crippen molar-refractivity contribution in [1.29, 1.82) is 0 Å². The van der Waals surface area contributed by atoms with Crippen LogP contribution in [0.3, 0.4) is 0 Å². The van der Waals surface area contributed by atoms with Crippen LogP contribution in [0.4, 0.5) is 5.82 Å². The van der Waals surface area contributed by atoms with Gasteiger partial charge < -0.3 is 14.4 Å². The number of hydrogen-bond acceptors (Lipinski definition) is 7. The summed E-state index contributed by atoms with van der Waals surface area (Å²) < 4.78 is 10.4. The van der Waals surface area contributed by atoms with Gasteiger partial charge in [0.2, 0.25) is 0 Å². The number of rotatable bonds is 3. The number of ether oxygens (including phenoxy) is 2. The van der Waals surface area contributed by atoms with Crippen molar-refractivity contribution < 1.29 is 14.3 Å². The van der Waals surface area contributed by atoms with E-state index in [1.165, 1.54) is 12.0 Å². The third-order valence-corrected chi connectivity index (χ3v) is 4.26. The lowest BCUT2D eigenvalue weighted by Crippen LogP contribution is -2.38. The summed E-state index contributed by atoms with van der Waals surface area (Å²) >= 11 is 1.69. The zero-order valence-corrected chi connectivity index (χ0v) is 12.4. The van der Waals surface area contributed by atoms with Gasteiger partial charge in [0.25, 0.3) is 0 Å². The first kappa shape index (κ1) is 14.0. The van der Waals surface area contributed by atoms with Crippen molar-refractivity contribution in [1.82, 2.24) is 10.2 Å². The van der Waals surface area contributed by atoms with Gasteiger partial charge in [-0.1, -0.05) is 6.07 Å². The van der Waals surface area contributed by atoms with Gasteiger partial charge in [-0.15, -0.1) is 21.5 Å². The quantitative estimate of drug-likeness (QED) is 0.807. The molecule has 2 aromatic rings. The van der Waals surface area contributed by atoms with Crippen LogP contribution >= 0.6 is 11.3 Å². The average molecular weight is 305 g/mol. The Balaban J connectivity index is 1.73. The standard InChI is InChI=1S/C14H15N3O3S/c1-19-14(18)10-4-5-13(16-15-10)17-6-7-20-11(9-17)12-3-2-8-21-12/h2-5,8,11H,6-7,9H2,1H3. The van der Waals surface area contributed by atoms with E-state index in [0.29, 0.717) is 6.61 Å². The first-order valence-electron chi connectivity index (χ1n) is 6.60. The van der Waals surface area contributed by atoms with Crippen molar-refractivity contribution in [3.63, 3.8) is 0 Å². The van der Waals surface area contributed by atoms with Crippen LogP contribution in [-0.2, 0) is 9.47 Å². The molecule has 1 aliphatic rings. The number of morpholine rings is 1. The second-order valence-corrected chi connectivity index (χ2v) is 5.57. The van der Waals surface area contributed by atoms with Crippen molar-refractivity contribution in [2.24, 2.45) is 0 Å². The van der Waals surface area contributed by atoms with Gasteiger partial charge in [-0.2, -0.15) is 0 Å². The molecule has 0 N–H and O–H groups in total. The lowest BCUT2D eigenvalue weighted by Gasteiger charge is -2.33.